The third-order valence-corrected chi connectivity index (χ3v) is 4.18. The Morgan fingerprint density at radius 2 is 1.96 bits per heavy atom. The van der Waals surface area contributed by atoms with Gasteiger partial charge in [0.2, 0.25) is 0 Å². The van der Waals surface area contributed by atoms with E-state index in [1.165, 1.54) is 6.20 Å². The number of urea groups is 1. The third-order valence-electron chi connectivity index (χ3n) is 4.18. The average molecular weight is 373 g/mol. The molecule has 0 aliphatic carbocycles. The molecular formula is C22H36N4O. The number of allylic oxidation sites excluding steroid dienone is 4. The van der Waals surface area contributed by atoms with E-state index >= 15 is 0 Å². The first kappa shape index (κ1) is 24.6. The molecule has 0 aromatic rings. The number of aliphatic imine (C=N–C) groups is 1. The molecular weight excluding hydrogens is 336 g/mol. The molecule has 0 aromatic heterocycles. The van der Waals surface area contributed by atoms with E-state index in [-0.39, 0.29) is 6.03 Å². The first-order valence-corrected chi connectivity index (χ1v) is 9.52. The van der Waals surface area contributed by atoms with Crippen LogP contribution in [0.2, 0.25) is 0 Å². The fourth-order valence-electron chi connectivity index (χ4n) is 2.45. The maximum absolute atomic E-state index is 12.4. The Morgan fingerprint density at radius 3 is 2.52 bits per heavy atom. The predicted octanol–water partition coefficient (Wildman–Crippen LogP) is 4.44. The largest absolute Gasteiger partial charge is 0.322 e. The highest BCUT2D eigenvalue weighted by Gasteiger charge is 2.26. The van der Waals surface area contributed by atoms with Crippen molar-refractivity contribution >= 4 is 11.7 Å². The van der Waals surface area contributed by atoms with Gasteiger partial charge in [-0.15, -0.1) is 0 Å². The number of likely N-dealkylation sites (tertiary alicyclic amines) is 1. The molecule has 1 aliphatic heterocycles. The lowest BCUT2D eigenvalue weighted by Crippen LogP contribution is -2.37. The highest BCUT2D eigenvalue weighted by atomic mass is 16.2. The Balaban J connectivity index is 0.00000326. The molecule has 1 unspecified atom stereocenters. The number of amides is 2. The molecule has 27 heavy (non-hydrogen) atoms. The van der Waals surface area contributed by atoms with E-state index in [0.717, 1.165) is 29.8 Å². The lowest BCUT2D eigenvalue weighted by Gasteiger charge is -2.16. The number of hydrogen-bond donors (Lipinski definition) is 2. The molecule has 0 saturated carbocycles. The van der Waals surface area contributed by atoms with Gasteiger partial charge >= 0.3 is 6.03 Å². The van der Waals surface area contributed by atoms with Gasteiger partial charge in [0.05, 0.1) is 12.3 Å². The summed E-state index contributed by atoms with van der Waals surface area (Å²) in [4.78, 5) is 18.3. The Morgan fingerprint density at radius 1 is 1.30 bits per heavy atom. The van der Waals surface area contributed by atoms with Crippen LogP contribution in [0.1, 0.15) is 34.1 Å². The van der Waals surface area contributed by atoms with Crippen LogP contribution in [0.25, 0.3) is 0 Å². The number of carbonyl (C=O) groups is 1. The van der Waals surface area contributed by atoms with Crippen LogP contribution in [-0.2, 0) is 0 Å². The van der Waals surface area contributed by atoms with Gasteiger partial charge < -0.3 is 15.5 Å². The van der Waals surface area contributed by atoms with Crippen molar-refractivity contribution in [2.45, 2.75) is 34.1 Å². The van der Waals surface area contributed by atoms with Gasteiger partial charge in [-0.05, 0) is 44.5 Å². The summed E-state index contributed by atoms with van der Waals surface area (Å²) >= 11 is 0. The van der Waals surface area contributed by atoms with Gasteiger partial charge in [-0.3, -0.25) is 4.99 Å². The maximum atomic E-state index is 12.4. The molecule has 1 rings (SSSR count). The number of carbonyl (C=O) groups excluding carboxylic acids is 1. The quantitative estimate of drug-likeness (QED) is 0.619. The summed E-state index contributed by atoms with van der Waals surface area (Å²) in [5, 5.41) is 5.94. The molecule has 2 N–H and O–H groups in total. The van der Waals surface area contributed by atoms with Crippen molar-refractivity contribution in [1.82, 2.24) is 15.5 Å². The highest BCUT2D eigenvalue weighted by molar-refractivity contribution is 6.06. The molecule has 1 atom stereocenters. The molecule has 0 bridgehead atoms. The van der Waals surface area contributed by atoms with Crippen molar-refractivity contribution in [2.75, 3.05) is 26.7 Å². The molecule has 1 saturated heterocycles. The Bertz CT molecular complexity index is 614. The Kier molecular flexibility index (Phi) is 12.5. The van der Waals surface area contributed by atoms with Crippen LogP contribution in [0.5, 0.6) is 0 Å². The fourth-order valence-corrected chi connectivity index (χ4v) is 2.45. The van der Waals surface area contributed by atoms with Gasteiger partial charge in [0.1, 0.15) is 0 Å². The zero-order chi connectivity index (χ0) is 20.8. The van der Waals surface area contributed by atoms with Crippen molar-refractivity contribution in [3.05, 3.63) is 61.0 Å². The normalized spacial score (nSPS) is 17.6. The van der Waals surface area contributed by atoms with Crippen molar-refractivity contribution in [3.63, 3.8) is 0 Å². The summed E-state index contributed by atoms with van der Waals surface area (Å²) in [5.74, 6) is 0.376. The topological polar surface area (TPSA) is 56.7 Å². The lowest BCUT2D eigenvalue weighted by molar-refractivity contribution is 0.215. The van der Waals surface area contributed by atoms with Crippen molar-refractivity contribution in [3.8, 4) is 0 Å². The zero-order valence-corrected chi connectivity index (χ0v) is 17.6. The summed E-state index contributed by atoms with van der Waals surface area (Å²) in [6.45, 7) is 21.6. The molecule has 1 fully saturated rings. The standard InChI is InChI=1S/C20H30N4O.C2H6/c1-7-18-13-24(14-19(18)22-8-2)20(25)23-17(5)10-9-15(3)16(4)11-12-21-6;1-2/h7-10,16,21H,2-3,5,11-14H2,1,4,6H3,(H,23,25);1-2H3/b10-9-,18-7-,22-19?;. The second-order valence-corrected chi connectivity index (χ2v) is 6.09. The van der Waals surface area contributed by atoms with Crippen molar-refractivity contribution in [1.29, 1.82) is 0 Å². The van der Waals surface area contributed by atoms with Crippen LogP contribution in [0.15, 0.2) is 66.0 Å². The van der Waals surface area contributed by atoms with Crippen LogP contribution in [-0.4, -0.2) is 43.3 Å². The van der Waals surface area contributed by atoms with E-state index in [0.29, 0.717) is 24.7 Å². The number of rotatable bonds is 8. The van der Waals surface area contributed by atoms with Gasteiger partial charge in [-0.1, -0.05) is 58.2 Å². The minimum absolute atomic E-state index is 0.183. The van der Waals surface area contributed by atoms with Crippen molar-refractivity contribution in [2.24, 2.45) is 10.9 Å². The maximum Gasteiger partial charge on any atom is 0.322 e. The molecule has 1 heterocycles. The number of nitrogens with zero attached hydrogens (tertiary/aromatic N) is 2. The van der Waals surface area contributed by atoms with Gasteiger partial charge in [-0.2, -0.15) is 0 Å². The zero-order valence-electron chi connectivity index (χ0n) is 17.6. The summed E-state index contributed by atoms with van der Waals surface area (Å²) in [7, 11) is 1.94. The molecule has 5 nitrogen and oxygen atoms in total. The van der Waals surface area contributed by atoms with Crippen LogP contribution in [0.4, 0.5) is 4.79 Å². The first-order valence-electron chi connectivity index (χ1n) is 9.52. The number of hydrogen-bond acceptors (Lipinski definition) is 3. The Hall–Kier alpha value is -2.40. The van der Waals surface area contributed by atoms with Crippen LogP contribution in [0.3, 0.4) is 0 Å². The summed E-state index contributed by atoms with van der Waals surface area (Å²) in [5.41, 5.74) is 3.48. The first-order chi connectivity index (χ1) is 12.9. The summed E-state index contributed by atoms with van der Waals surface area (Å²) in [6, 6.07) is -0.183. The van der Waals surface area contributed by atoms with E-state index in [1.54, 1.807) is 11.0 Å². The van der Waals surface area contributed by atoms with Crippen LogP contribution in [0, 0.1) is 5.92 Å². The molecule has 0 radical (unpaired) electrons. The molecule has 1 aliphatic rings. The molecule has 5 heteroatoms. The van der Waals surface area contributed by atoms with Gasteiger partial charge in [-0.25, -0.2) is 4.79 Å². The lowest BCUT2D eigenvalue weighted by atomic mass is 9.98. The SMILES string of the molecule is C=CN=C1CN(C(=O)NC(=C)/C=C\C(=C)C(C)CCNC)C/C1=C/C.CC. The van der Waals surface area contributed by atoms with E-state index in [9.17, 15) is 4.79 Å². The van der Waals surface area contributed by atoms with E-state index < -0.39 is 0 Å². The van der Waals surface area contributed by atoms with E-state index in [1.807, 2.05) is 40.0 Å². The molecule has 0 spiro atoms. The second kappa shape index (κ2) is 13.8. The predicted molar refractivity (Wildman–Crippen MR) is 118 cm³/mol. The Labute approximate surface area is 165 Å². The minimum Gasteiger partial charge on any atom is -0.320 e. The fraction of sp³-hybridized carbons (Fsp3) is 0.455. The monoisotopic (exact) mass is 372 g/mol. The summed E-state index contributed by atoms with van der Waals surface area (Å²) < 4.78 is 0. The van der Waals surface area contributed by atoms with Gasteiger partial charge in [0.15, 0.2) is 0 Å². The minimum atomic E-state index is -0.183. The highest BCUT2D eigenvalue weighted by Crippen LogP contribution is 2.15. The van der Waals surface area contributed by atoms with Crippen LogP contribution >= 0.6 is 0 Å². The second-order valence-electron chi connectivity index (χ2n) is 6.09. The molecule has 0 aromatic carbocycles. The van der Waals surface area contributed by atoms with E-state index in [4.69, 9.17) is 0 Å². The third kappa shape index (κ3) is 8.69. The smallest absolute Gasteiger partial charge is 0.320 e. The van der Waals surface area contributed by atoms with Gasteiger partial charge in [0, 0.05) is 18.4 Å². The molecule has 2 amide bonds. The van der Waals surface area contributed by atoms with E-state index in [2.05, 4.69) is 42.3 Å². The van der Waals surface area contributed by atoms with Crippen molar-refractivity contribution < 1.29 is 4.79 Å². The summed E-state index contributed by atoms with van der Waals surface area (Å²) in [6.07, 6.45) is 8.20. The average Bonchev–Trinajstić information content (AvgIpc) is 3.09. The molecule has 150 valence electrons. The van der Waals surface area contributed by atoms with Gasteiger partial charge in [0.25, 0.3) is 0 Å². The number of nitrogens with one attached hydrogen (secondary N) is 2. The van der Waals surface area contributed by atoms with Crippen LogP contribution < -0.4 is 10.6 Å².